The molecule has 0 amide bonds. The summed E-state index contributed by atoms with van der Waals surface area (Å²) < 4.78 is 40.7. The molecular weight excluding hydrogens is 543 g/mol. The van der Waals surface area contributed by atoms with Gasteiger partial charge in [0.2, 0.25) is 0 Å². The van der Waals surface area contributed by atoms with Crippen molar-refractivity contribution >= 4 is 63.3 Å². The SMILES string of the molecule is CCOC(=O)c1c(P(OCC)c2cccc(/C=C/C#N)c2)c2cc(Cl)ccc2n1S(=O)(=O)c1ccccc1. The summed E-state index contributed by atoms with van der Waals surface area (Å²) in [6.45, 7) is 3.83. The number of allylic oxidation sites excluding steroid dienone is 1. The van der Waals surface area contributed by atoms with Crippen LogP contribution in [0.25, 0.3) is 17.0 Å². The van der Waals surface area contributed by atoms with Crippen LogP contribution in [0.15, 0.2) is 83.8 Å². The van der Waals surface area contributed by atoms with Gasteiger partial charge in [-0.3, -0.25) is 0 Å². The Balaban J connectivity index is 2.12. The van der Waals surface area contributed by atoms with E-state index in [-0.39, 0.29) is 22.7 Å². The first kappa shape index (κ1) is 27.6. The van der Waals surface area contributed by atoms with Crippen LogP contribution in [-0.2, 0) is 19.3 Å². The minimum atomic E-state index is -4.22. The van der Waals surface area contributed by atoms with E-state index in [0.717, 1.165) is 14.8 Å². The van der Waals surface area contributed by atoms with Gasteiger partial charge in [-0.2, -0.15) is 5.26 Å². The molecule has 0 saturated heterocycles. The molecule has 194 valence electrons. The van der Waals surface area contributed by atoms with Gasteiger partial charge in [-0.05, 0) is 61.9 Å². The van der Waals surface area contributed by atoms with E-state index in [0.29, 0.717) is 22.3 Å². The Morgan fingerprint density at radius 1 is 1.05 bits per heavy atom. The normalized spacial score (nSPS) is 12.5. The Bertz CT molecular complexity index is 1660. The Morgan fingerprint density at radius 2 is 1.82 bits per heavy atom. The van der Waals surface area contributed by atoms with Gasteiger partial charge in [0.25, 0.3) is 10.0 Å². The molecule has 3 aromatic carbocycles. The summed E-state index contributed by atoms with van der Waals surface area (Å²) in [5.74, 6) is -0.790. The van der Waals surface area contributed by atoms with E-state index in [2.05, 4.69) is 0 Å². The number of fused-ring (bicyclic) bond motifs is 1. The third-order valence-electron chi connectivity index (χ3n) is 5.53. The molecule has 0 bridgehead atoms. The molecule has 7 nitrogen and oxygen atoms in total. The second-order valence-electron chi connectivity index (χ2n) is 7.93. The molecular formula is C28H24ClN2O5PS. The predicted molar refractivity (Wildman–Crippen MR) is 151 cm³/mol. The van der Waals surface area contributed by atoms with Crippen LogP contribution < -0.4 is 10.6 Å². The van der Waals surface area contributed by atoms with E-state index >= 15 is 0 Å². The number of ether oxygens (including phenoxy) is 1. The Labute approximate surface area is 227 Å². The maximum atomic E-state index is 14.0. The molecule has 1 aromatic heterocycles. The summed E-state index contributed by atoms with van der Waals surface area (Å²) >= 11 is 6.39. The molecule has 0 spiro atoms. The number of hydrogen-bond acceptors (Lipinski definition) is 6. The lowest BCUT2D eigenvalue weighted by Gasteiger charge is -2.20. The molecule has 4 rings (SSSR count). The highest BCUT2D eigenvalue weighted by Gasteiger charge is 2.36. The van der Waals surface area contributed by atoms with Crippen LogP contribution >= 0.6 is 19.7 Å². The first-order valence-electron chi connectivity index (χ1n) is 11.7. The third kappa shape index (κ3) is 5.38. The zero-order valence-electron chi connectivity index (χ0n) is 20.7. The lowest BCUT2D eigenvalue weighted by Crippen LogP contribution is -2.26. The van der Waals surface area contributed by atoms with Crippen molar-refractivity contribution in [2.24, 2.45) is 0 Å². The topological polar surface area (TPSA) is 98.4 Å². The molecule has 38 heavy (non-hydrogen) atoms. The van der Waals surface area contributed by atoms with Gasteiger partial charge in [0, 0.05) is 33.7 Å². The van der Waals surface area contributed by atoms with Crippen LogP contribution in [0.5, 0.6) is 0 Å². The minimum absolute atomic E-state index is 0.0216. The molecule has 1 atom stereocenters. The predicted octanol–water partition coefficient (Wildman–Crippen LogP) is 5.63. The molecule has 0 aliphatic rings. The zero-order chi connectivity index (χ0) is 27.3. The summed E-state index contributed by atoms with van der Waals surface area (Å²) in [6, 6.07) is 22.0. The van der Waals surface area contributed by atoms with E-state index in [9.17, 15) is 13.2 Å². The van der Waals surface area contributed by atoms with E-state index in [1.54, 1.807) is 49.4 Å². The average molecular weight is 567 g/mol. The Hall–Kier alpha value is -3.47. The first-order chi connectivity index (χ1) is 18.3. The zero-order valence-corrected chi connectivity index (χ0v) is 23.1. The molecule has 1 unspecified atom stereocenters. The fraction of sp³-hybridized carbons (Fsp3) is 0.143. The van der Waals surface area contributed by atoms with Gasteiger partial charge in [-0.1, -0.05) is 48.0 Å². The summed E-state index contributed by atoms with van der Waals surface area (Å²) in [7, 11) is -5.94. The largest absolute Gasteiger partial charge is 0.461 e. The van der Waals surface area contributed by atoms with Crippen molar-refractivity contribution in [2.75, 3.05) is 13.2 Å². The summed E-state index contributed by atoms with van der Waals surface area (Å²) in [5, 5.41) is 10.9. The number of carbonyl (C=O) groups excluding carboxylic acids is 1. The number of hydrogen-bond donors (Lipinski definition) is 0. The van der Waals surface area contributed by atoms with Gasteiger partial charge in [-0.15, -0.1) is 0 Å². The molecule has 1 heterocycles. The maximum absolute atomic E-state index is 14.0. The standard InChI is InChI=1S/C28H24ClN2O5PS/c1-3-35-28(32)26-27(37(36-4-2)22-12-8-10-20(18-22)11-9-17-30)24-19-21(29)15-16-25(24)31(26)38(33,34)23-13-6-5-7-14-23/h5-16,18-19H,3-4H2,1-2H3/b11-9+. The fourth-order valence-corrected chi connectivity index (χ4v) is 7.88. The van der Waals surface area contributed by atoms with Crippen molar-refractivity contribution in [3.8, 4) is 6.07 Å². The summed E-state index contributed by atoms with van der Waals surface area (Å²) in [5.41, 5.74) is 0.905. The molecule has 4 aromatic rings. The maximum Gasteiger partial charge on any atom is 0.356 e. The van der Waals surface area contributed by atoms with Gasteiger partial charge in [0.15, 0.2) is 5.69 Å². The third-order valence-corrected chi connectivity index (χ3v) is 9.61. The number of halogens is 1. The van der Waals surface area contributed by atoms with Gasteiger partial charge in [0.1, 0.15) is 0 Å². The Kier molecular flexibility index (Phi) is 8.65. The molecule has 0 fully saturated rings. The van der Waals surface area contributed by atoms with Crippen molar-refractivity contribution in [2.45, 2.75) is 18.7 Å². The second kappa shape index (κ2) is 11.9. The number of nitriles is 1. The molecule has 0 radical (unpaired) electrons. The van der Waals surface area contributed by atoms with E-state index in [1.165, 1.54) is 18.2 Å². The van der Waals surface area contributed by atoms with Crippen molar-refractivity contribution in [1.29, 1.82) is 5.26 Å². The first-order valence-corrected chi connectivity index (χ1v) is 14.8. The highest BCUT2D eigenvalue weighted by atomic mass is 35.5. The summed E-state index contributed by atoms with van der Waals surface area (Å²) in [4.78, 5) is 13.6. The number of benzene rings is 3. The number of rotatable bonds is 9. The van der Waals surface area contributed by atoms with E-state index in [4.69, 9.17) is 26.1 Å². The van der Waals surface area contributed by atoms with Crippen LogP contribution in [0.1, 0.15) is 29.9 Å². The van der Waals surface area contributed by atoms with Crippen molar-refractivity contribution in [3.05, 3.63) is 95.2 Å². The minimum Gasteiger partial charge on any atom is -0.461 e. The fourth-order valence-electron chi connectivity index (χ4n) is 4.04. The van der Waals surface area contributed by atoms with E-state index in [1.807, 2.05) is 37.3 Å². The number of aromatic nitrogens is 1. The van der Waals surface area contributed by atoms with Crippen LogP contribution in [0, 0.1) is 11.3 Å². The number of carbonyl (C=O) groups is 1. The number of esters is 1. The highest BCUT2D eigenvalue weighted by Crippen LogP contribution is 2.42. The molecule has 10 heteroatoms. The lowest BCUT2D eigenvalue weighted by molar-refractivity contribution is 0.0520. The smallest absolute Gasteiger partial charge is 0.356 e. The van der Waals surface area contributed by atoms with Crippen molar-refractivity contribution in [1.82, 2.24) is 3.97 Å². The monoisotopic (exact) mass is 566 g/mol. The average Bonchev–Trinajstić information content (AvgIpc) is 3.26. The van der Waals surface area contributed by atoms with Crippen LogP contribution in [-0.4, -0.2) is 31.6 Å². The van der Waals surface area contributed by atoms with Gasteiger partial charge in [-0.25, -0.2) is 17.2 Å². The van der Waals surface area contributed by atoms with Gasteiger partial charge < -0.3 is 9.26 Å². The molecule has 0 aliphatic heterocycles. The second-order valence-corrected chi connectivity index (χ2v) is 12.0. The molecule has 0 N–H and O–H groups in total. The van der Waals surface area contributed by atoms with E-state index < -0.39 is 24.1 Å². The summed E-state index contributed by atoms with van der Waals surface area (Å²) in [6.07, 6.45) is 3.03. The Morgan fingerprint density at radius 3 is 2.50 bits per heavy atom. The molecule has 0 saturated carbocycles. The van der Waals surface area contributed by atoms with Gasteiger partial charge in [0.05, 0.1) is 31.2 Å². The van der Waals surface area contributed by atoms with Crippen LogP contribution in [0.2, 0.25) is 5.02 Å². The highest BCUT2D eigenvalue weighted by molar-refractivity contribution is 7.90. The lowest BCUT2D eigenvalue weighted by atomic mass is 10.2. The van der Waals surface area contributed by atoms with Crippen LogP contribution in [0.4, 0.5) is 0 Å². The van der Waals surface area contributed by atoms with Crippen LogP contribution in [0.3, 0.4) is 0 Å². The van der Waals surface area contributed by atoms with Crippen molar-refractivity contribution in [3.63, 3.8) is 0 Å². The number of nitrogens with zero attached hydrogens (tertiary/aromatic N) is 2. The molecule has 0 aliphatic carbocycles. The van der Waals surface area contributed by atoms with Crippen molar-refractivity contribution < 1.29 is 22.5 Å². The quantitative estimate of drug-likeness (QED) is 0.148. The van der Waals surface area contributed by atoms with Gasteiger partial charge >= 0.3 is 5.97 Å².